The summed E-state index contributed by atoms with van der Waals surface area (Å²) in [5.74, 6) is 0.611. The summed E-state index contributed by atoms with van der Waals surface area (Å²) in [7, 11) is 1.66. The minimum absolute atomic E-state index is 0.224. The average Bonchev–Trinajstić information content (AvgIpc) is 2.79. The molecule has 1 N–H and O–H groups in total. The fourth-order valence-corrected chi connectivity index (χ4v) is 3.63. The molecule has 7 heteroatoms. The van der Waals surface area contributed by atoms with Gasteiger partial charge in [-0.3, -0.25) is 4.90 Å². The highest BCUT2D eigenvalue weighted by molar-refractivity contribution is 7.80. The number of nitrogens with one attached hydrogen (secondary N) is 1. The van der Waals surface area contributed by atoms with E-state index in [9.17, 15) is 4.39 Å². The minimum Gasteiger partial charge on any atom is -0.497 e. The molecule has 5 nitrogen and oxygen atoms in total. The predicted molar refractivity (Wildman–Crippen MR) is 121 cm³/mol. The molecule has 30 heavy (non-hydrogen) atoms. The fraction of sp³-hybridized carbons (Fsp3) is 0.435. The van der Waals surface area contributed by atoms with Gasteiger partial charge in [-0.2, -0.15) is 0 Å². The van der Waals surface area contributed by atoms with Crippen molar-refractivity contribution in [3.63, 3.8) is 0 Å². The molecular formula is C23H30FN3O2S. The van der Waals surface area contributed by atoms with E-state index in [1.54, 1.807) is 7.11 Å². The van der Waals surface area contributed by atoms with E-state index in [0.717, 1.165) is 62.7 Å². The van der Waals surface area contributed by atoms with Crippen LogP contribution in [0.2, 0.25) is 0 Å². The van der Waals surface area contributed by atoms with Gasteiger partial charge in [0.15, 0.2) is 5.11 Å². The summed E-state index contributed by atoms with van der Waals surface area (Å²) in [5.41, 5.74) is 2.17. The molecule has 0 aromatic heterocycles. The molecule has 1 fully saturated rings. The van der Waals surface area contributed by atoms with Crippen molar-refractivity contribution in [2.75, 3.05) is 46.5 Å². The fourth-order valence-electron chi connectivity index (χ4n) is 3.41. The Bertz CT molecular complexity index is 780. The first-order chi connectivity index (χ1) is 14.6. The summed E-state index contributed by atoms with van der Waals surface area (Å²) in [4.78, 5) is 4.58. The third kappa shape index (κ3) is 7.23. The molecule has 2 aromatic rings. The lowest BCUT2D eigenvalue weighted by molar-refractivity contribution is 0.0367. The largest absolute Gasteiger partial charge is 0.497 e. The monoisotopic (exact) mass is 431 g/mol. The number of rotatable bonds is 9. The van der Waals surface area contributed by atoms with Crippen LogP contribution in [0, 0.1) is 5.82 Å². The highest BCUT2D eigenvalue weighted by Crippen LogP contribution is 2.12. The number of benzene rings is 2. The first-order valence-electron chi connectivity index (χ1n) is 10.3. The van der Waals surface area contributed by atoms with E-state index < -0.39 is 0 Å². The lowest BCUT2D eigenvalue weighted by Crippen LogP contribution is -2.42. The van der Waals surface area contributed by atoms with Crippen molar-refractivity contribution in [3.8, 4) is 5.75 Å². The zero-order chi connectivity index (χ0) is 21.2. The predicted octanol–water partition coefficient (Wildman–Crippen LogP) is 3.43. The molecule has 1 aliphatic rings. The molecule has 0 spiro atoms. The maximum atomic E-state index is 13.3. The van der Waals surface area contributed by atoms with Crippen molar-refractivity contribution in [2.45, 2.75) is 19.5 Å². The second-order valence-electron chi connectivity index (χ2n) is 7.36. The Hall–Kier alpha value is -2.22. The number of hydrogen-bond acceptors (Lipinski definition) is 4. The van der Waals surface area contributed by atoms with Gasteiger partial charge < -0.3 is 19.7 Å². The van der Waals surface area contributed by atoms with Gasteiger partial charge in [0.2, 0.25) is 0 Å². The van der Waals surface area contributed by atoms with Gasteiger partial charge in [-0.1, -0.05) is 24.3 Å². The molecule has 0 unspecified atom stereocenters. The molecule has 162 valence electrons. The van der Waals surface area contributed by atoms with E-state index in [1.807, 2.05) is 36.4 Å². The molecule has 1 heterocycles. The van der Waals surface area contributed by atoms with E-state index in [2.05, 4.69) is 15.1 Å². The number of morpholine rings is 1. The first-order valence-corrected chi connectivity index (χ1v) is 10.7. The molecule has 0 saturated carbocycles. The molecule has 1 aliphatic heterocycles. The molecular weight excluding hydrogens is 401 g/mol. The number of ether oxygens (including phenoxy) is 2. The maximum absolute atomic E-state index is 13.3. The van der Waals surface area contributed by atoms with Gasteiger partial charge in [0, 0.05) is 39.3 Å². The lowest BCUT2D eigenvalue weighted by atomic mass is 10.2. The third-order valence-electron chi connectivity index (χ3n) is 5.18. The van der Waals surface area contributed by atoms with Gasteiger partial charge in [0.1, 0.15) is 11.6 Å². The van der Waals surface area contributed by atoms with Crippen LogP contribution in [0.25, 0.3) is 0 Å². The molecule has 3 rings (SSSR count). The topological polar surface area (TPSA) is 37.0 Å². The number of halogens is 1. The Morgan fingerprint density at radius 1 is 1.10 bits per heavy atom. The normalized spacial score (nSPS) is 14.3. The van der Waals surface area contributed by atoms with E-state index in [1.165, 1.54) is 12.1 Å². The van der Waals surface area contributed by atoms with E-state index in [-0.39, 0.29) is 5.82 Å². The van der Waals surface area contributed by atoms with Gasteiger partial charge in [-0.05, 0) is 54.0 Å². The Labute approximate surface area is 183 Å². The molecule has 0 radical (unpaired) electrons. The third-order valence-corrected chi connectivity index (χ3v) is 5.59. The van der Waals surface area contributed by atoms with Crippen LogP contribution in [-0.2, 0) is 17.8 Å². The summed E-state index contributed by atoms with van der Waals surface area (Å²) in [5, 5.41) is 4.07. The standard InChI is InChI=1S/C23H30FN3O2S/c1-28-22-9-5-19(6-10-22)17-25-23(30)27(18-20-3-7-21(24)8-4-20)12-2-11-26-13-15-29-16-14-26/h3-10H,2,11-18H2,1H3,(H,25,30). The van der Waals surface area contributed by atoms with Crippen LogP contribution in [0.1, 0.15) is 17.5 Å². The van der Waals surface area contributed by atoms with Crippen LogP contribution in [0.3, 0.4) is 0 Å². The van der Waals surface area contributed by atoms with Crippen molar-refractivity contribution in [3.05, 3.63) is 65.5 Å². The number of hydrogen-bond donors (Lipinski definition) is 1. The van der Waals surface area contributed by atoms with Crippen LogP contribution < -0.4 is 10.1 Å². The Morgan fingerprint density at radius 2 is 1.77 bits per heavy atom. The van der Waals surface area contributed by atoms with Crippen LogP contribution >= 0.6 is 12.2 Å². The van der Waals surface area contributed by atoms with E-state index in [4.69, 9.17) is 21.7 Å². The zero-order valence-electron chi connectivity index (χ0n) is 17.5. The molecule has 0 aliphatic carbocycles. The second-order valence-corrected chi connectivity index (χ2v) is 7.75. The van der Waals surface area contributed by atoms with Crippen LogP contribution in [0.4, 0.5) is 4.39 Å². The number of thiocarbonyl (C=S) groups is 1. The Kier molecular flexibility index (Phi) is 8.86. The summed E-state index contributed by atoms with van der Waals surface area (Å²) < 4.78 is 23.9. The average molecular weight is 432 g/mol. The first kappa shape index (κ1) is 22.5. The summed E-state index contributed by atoms with van der Waals surface area (Å²) >= 11 is 5.70. The van der Waals surface area contributed by atoms with Crippen molar-refractivity contribution in [2.24, 2.45) is 0 Å². The van der Waals surface area contributed by atoms with Crippen molar-refractivity contribution >= 4 is 17.3 Å². The SMILES string of the molecule is COc1ccc(CNC(=S)N(CCCN2CCOCC2)Cc2ccc(F)cc2)cc1. The van der Waals surface area contributed by atoms with Crippen LogP contribution in [-0.4, -0.2) is 61.4 Å². The molecule has 0 atom stereocenters. The summed E-state index contributed by atoms with van der Waals surface area (Å²) in [6.07, 6.45) is 1.01. The summed E-state index contributed by atoms with van der Waals surface area (Å²) in [6, 6.07) is 14.6. The lowest BCUT2D eigenvalue weighted by Gasteiger charge is -2.29. The van der Waals surface area contributed by atoms with Crippen LogP contribution in [0.5, 0.6) is 5.75 Å². The van der Waals surface area contributed by atoms with Crippen molar-refractivity contribution < 1.29 is 13.9 Å². The smallest absolute Gasteiger partial charge is 0.169 e. The number of methoxy groups -OCH3 is 1. The van der Waals surface area contributed by atoms with Gasteiger partial charge in [0.25, 0.3) is 0 Å². The van der Waals surface area contributed by atoms with Crippen LogP contribution in [0.15, 0.2) is 48.5 Å². The van der Waals surface area contributed by atoms with Gasteiger partial charge >= 0.3 is 0 Å². The highest BCUT2D eigenvalue weighted by atomic mass is 32.1. The van der Waals surface area contributed by atoms with E-state index in [0.29, 0.717) is 18.2 Å². The van der Waals surface area contributed by atoms with Gasteiger partial charge in [0.05, 0.1) is 20.3 Å². The molecule has 0 amide bonds. The second kappa shape index (κ2) is 11.8. The zero-order valence-corrected chi connectivity index (χ0v) is 18.3. The number of nitrogens with zero attached hydrogens (tertiary/aromatic N) is 2. The van der Waals surface area contributed by atoms with Gasteiger partial charge in [-0.25, -0.2) is 4.39 Å². The quantitative estimate of drug-likeness (QED) is 0.613. The maximum Gasteiger partial charge on any atom is 0.169 e. The summed E-state index contributed by atoms with van der Waals surface area (Å²) in [6.45, 7) is 6.73. The molecule has 0 bridgehead atoms. The molecule has 2 aromatic carbocycles. The van der Waals surface area contributed by atoms with Gasteiger partial charge in [-0.15, -0.1) is 0 Å². The van der Waals surface area contributed by atoms with Crippen molar-refractivity contribution in [1.82, 2.24) is 15.1 Å². The van der Waals surface area contributed by atoms with E-state index >= 15 is 0 Å². The Balaban J connectivity index is 1.56. The molecule has 1 saturated heterocycles. The Morgan fingerprint density at radius 3 is 2.43 bits per heavy atom. The highest BCUT2D eigenvalue weighted by Gasteiger charge is 2.14. The minimum atomic E-state index is -0.224. The van der Waals surface area contributed by atoms with Crippen molar-refractivity contribution in [1.29, 1.82) is 0 Å².